The van der Waals surface area contributed by atoms with E-state index < -0.39 is 0 Å². The molecule has 1 aromatic carbocycles. The van der Waals surface area contributed by atoms with Gasteiger partial charge in [-0.15, -0.1) is 0 Å². The molecule has 1 N–H and O–H groups in total. The molecule has 1 aromatic rings. The molecule has 2 fully saturated rings. The standard InChI is InChI=1S/C16H20BrNO2/c17-13-5-6-14(15(19)9-13)16(20)18-8-7-11-3-1-2-4-12(11)10-18/h5-6,9,11-12,19H,1-4,7-8,10H2. The van der Waals surface area contributed by atoms with Crippen LogP contribution in [0.4, 0.5) is 0 Å². The van der Waals surface area contributed by atoms with Gasteiger partial charge in [-0.25, -0.2) is 0 Å². The lowest BCUT2D eigenvalue weighted by Crippen LogP contribution is -2.44. The number of carbonyl (C=O) groups is 1. The molecule has 0 aromatic heterocycles. The van der Waals surface area contributed by atoms with Gasteiger partial charge in [0, 0.05) is 17.6 Å². The summed E-state index contributed by atoms with van der Waals surface area (Å²) in [6.45, 7) is 1.69. The predicted octanol–water partition coefficient (Wildman–Crippen LogP) is 3.81. The molecule has 2 aliphatic rings. The normalized spacial score (nSPS) is 26.1. The third kappa shape index (κ3) is 2.71. The molecule has 0 radical (unpaired) electrons. The Labute approximate surface area is 128 Å². The average Bonchev–Trinajstić information content (AvgIpc) is 2.46. The topological polar surface area (TPSA) is 40.5 Å². The molecule has 0 spiro atoms. The van der Waals surface area contributed by atoms with E-state index in [1.807, 2.05) is 4.90 Å². The molecular weight excluding hydrogens is 318 g/mol. The number of benzene rings is 1. The first-order valence-electron chi connectivity index (χ1n) is 7.43. The van der Waals surface area contributed by atoms with E-state index in [0.29, 0.717) is 11.5 Å². The summed E-state index contributed by atoms with van der Waals surface area (Å²) in [6.07, 6.45) is 6.35. The summed E-state index contributed by atoms with van der Waals surface area (Å²) in [6, 6.07) is 5.09. The van der Waals surface area contributed by atoms with Gasteiger partial charge in [0.25, 0.3) is 5.91 Å². The van der Waals surface area contributed by atoms with E-state index in [9.17, 15) is 9.90 Å². The lowest BCUT2D eigenvalue weighted by molar-refractivity contribution is 0.0518. The summed E-state index contributed by atoms with van der Waals surface area (Å²) in [5.41, 5.74) is 0.419. The van der Waals surface area contributed by atoms with Crippen molar-refractivity contribution in [3.05, 3.63) is 28.2 Å². The lowest BCUT2D eigenvalue weighted by Gasteiger charge is -2.41. The molecule has 2 atom stereocenters. The molecule has 108 valence electrons. The van der Waals surface area contributed by atoms with Crippen LogP contribution >= 0.6 is 15.9 Å². The Morgan fingerprint density at radius 3 is 2.70 bits per heavy atom. The number of carbonyl (C=O) groups excluding carboxylic acids is 1. The zero-order valence-electron chi connectivity index (χ0n) is 11.5. The van der Waals surface area contributed by atoms with Gasteiger partial charge in [0.15, 0.2) is 0 Å². The molecule has 1 saturated carbocycles. The minimum Gasteiger partial charge on any atom is -0.507 e. The summed E-state index contributed by atoms with van der Waals surface area (Å²) < 4.78 is 0.789. The molecule has 1 aliphatic heterocycles. The molecule has 3 nitrogen and oxygen atoms in total. The predicted molar refractivity (Wildman–Crippen MR) is 81.8 cm³/mol. The Balaban J connectivity index is 1.74. The number of piperidine rings is 1. The van der Waals surface area contributed by atoms with Crippen molar-refractivity contribution in [1.82, 2.24) is 4.90 Å². The van der Waals surface area contributed by atoms with Gasteiger partial charge in [-0.2, -0.15) is 0 Å². The van der Waals surface area contributed by atoms with Crippen molar-refractivity contribution in [3.63, 3.8) is 0 Å². The fourth-order valence-electron chi connectivity index (χ4n) is 3.64. The lowest BCUT2D eigenvalue weighted by atomic mass is 9.75. The summed E-state index contributed by atoms with van der Waals surface area (Å²) >= 11 is 3.30. The molecule has 3 rings (SSSR count). The molecule has 1 saturated heterocycles. The van der Waals surface area contributed by atoms with Crippen LogP contribution in [0.15, 0.2) is 22.7 Å². The van der Waals surface area contributed by atoms with Gasteiger partial charge < -0.3 is 10.0 Å². The largest absolute Gasteiger partial charge is 0.507 e. The van der Waals surface area contributed by atoms with Crippen molar-refractivity contribution in [2.45, 2.75) is 32.1 Å². The Morgan fingerprint density at radius 2 is 1.95 bits per heavy atom. The Bertz CT molecular complexity index is 517. The van der Waals surface area contributed by atoms with E-state index >= 15 is 0 Å². The first-order chi connectivity index (χ1) is 9.65. The number of phenolic OH excluding ortho intramolecular Hbond substituents is 1. The number of halogens is 1. The zero-order chi connectivity index (χ0) is 14.1. The van der Waals surface area contributed by atoms with Crippen LogP contribution in [0.1, 0.15) is 42.5 Å². The van der Waals surface area contributed by atoms with Crippen LogP contribution in [0.2, 0.25) is 0 Å². The SMILES string of the molecule is O=C(c1ccc(Br)cc1O)N1CCC2CCCCC2C1. The van der Waals surface area contributed by atoms with Crippen molar-refractivity contribution in [2.24, 2.45) is 11.8 Å². The van der Waals surface area contributed by atoms with Crippen LogP contribution in [0.3, 0.4) is 0 Å². The number of hydrogen-bond donors (Lipinski definition) is 1. The van der Waals surface area contributed by atoms with Gasteiger partial charge in [0.2, 0.25) is 0 Å². The van der Waals surface area contributed by atoms with Gasteiger partial charge >= 0.3 is 0 Å². The van der Waals surface area contributed by atoms with Crippen molar-refractivity contribution < 1.29 is 9.90 Å². The fourth-order valence-corrected chi connectivity index (χ4v) is 3.99. The molecule has 0 bridgehead atoms. The number of rotatable bonds is 1. The number of hydrogen-bond acceptors (Lipinski definition) is 2. The fraction of sp³-hybridized carbons (Fsp3) is 0.562. The van der Waals surface area contributed by atoms with Crippen LogP contribution < -0.4 is 0 Å². The van der Waals surface area contributed by atoms with Gasteiger partial charge in [-0.05, 0) is 42.9 Å². The molecule has 1 heterocycles. The number of likely N-dealkylation sites (tertiary alicyclic amines) is 1. The maximum absolute atomic E-state index is 12.6. The van der Waals surface area contributed by atoms with Crippen LogP contribution in [-0.4, -0.2) is 29.0 Å². The highest BCUT2D eigenvalue weighted by Gasteiger charge is 2.33. The van der Waals surface area contributed by atoms with Crippen LogP contribution in [0.5, 0.6) is 5.75 Å². The smallest absolute Gasteiger partial charge is 0.257 e. The monoisotopic (exact) mass is 337 g/mol. The van der Waals surface area contributed by atoms with E-state index in [1.165, 1.54) is 25.7 Å². The minimum absolute atomic E-state index is 0.0287. The molecular formula is C16H20BrNO2. The highest BCUT2D eigenvalue weighted by Crippen LogP contribution is 2.36. The molecule has 20 heavy (non-hydrogen) atoms. The maximum atomic E-state index is 12.6. The summed E-state index contributed by atoms with van der Waals surface area (Å²) in [4.78, 5) is 14.5. The third-order valence-corrected chi connectivity index (χ3v) is 5.26. The second kappa shape index (κ2) is 5.76. The van der Waals surface area contributed by atoms with Crippen LogP contribution in [-0.2, 0) is 0 Å². The van der Waals surface area contributed by atoms with Crippen molar-refractivity contribution in [3.8, 4) is 5.75 Å². The first-order valence-corrected chi connectivity index (χ1v) is 8.22. The van der Waals surface area contributed by atoms with Gasteiger partial charge in [0.05, 0.1) is 5.56 Å². The van der Waals surface area contributed by atoms with Gasteiger partial charge in [-0.1, -0.05) is 35.2 Å². The van der Waals surface area contributed by atoms with E-state index in [0.717, 1.165) is 29.9 Å². The van der Waals surface area contributed by atoms with E-state index in [1.54, 1.807) is 18.2 Å². The summed E-state index contributed by atoms with van der Waals surface area (Å²) in [5, 5.41) is 9.95. The quantitative estimate of drug-likeness (QED) is 0.846. The van der Waals surface area contributed by atoms with Gasteiger partial charge in [0.1, 0.15) is 5.75 Å². The Hall–Kier alpha value is -1.03. The molecule has 2 unspecified atom stereocenters. The maximum Gasteiger partial charge on any atom is 0.257 e. The zero-order valence-corrected chi connectivity index (χ0v) is 13.1. The van der Waals surface area contributed by atoms with Crippen molar-refractivity contribution in [1.29, 1.82) is 0 Å². The van der Waals surface area contributed by atoms with Crippen LogP contribution in [0, 0.1) is 11.8 Å². The van der Waals surface area contributed by atoms with E-state index in [2.05, 4.69) is 15.9 Å². The van der Waals surface area contributed by atoms with Crippen LogP contribution in [0.25, 0.3) is 0 Å². The minimum atomic E-state index is -0.0287. The average molecular weight is 338 g/mol. The van der Waals surface area contributed by atoms with E-state index in [-0.39, 0.29) is 11.7 Å². The van der Waals surface area contributed by atoms with Gasteiger partial charge in [-0.3, -0.25) is 4.79 Å². The highest BCUT2D eigenvalue weighted by atomic mass is 79.9. The summed E-state index contributed by atoms with van der Waals surface area (Å²) in [7, 11) is 0. The molecule has 1 aliphatic carbocycles. The van der Waals surface area contributed by atoms with E-state index in [4.69, 9.17) is 0 Å². The highest BCUT2D eigenvalue weighted by molar-refractivity contribution is 9.10. The number of amides is 1. The second-order valence-corrected chi connectivity index (χ2v) is 6.92. The van der Waals surface area contributed by atoms with Crippen molar-refractivity contribution >= 4 is 21.8 Å². The molecule has 4 heteroatoms. The Kier molecular flexibility index (Phi) is 4.01. The number of nitrogens with zero attached hydrogens (tertiary/aromatic N) is 1. The number of aromatic hydroxyl groups is 1. The summed E-state index contributed by atoms with van der Waals surface area (Å²) in [5.74, 6) is 1.51. The van der Waals surface area contributed by atoms with Crippen molar-refractivity contribution in [2.75, 3.05) is 13.1 Å². The number of fused-ring (bicyclic) bond motifs is 1. The first kappa shape index (κ1) is 13.9. The number of phenols is 1. The second-order valence-electron chi connectivity index (χ2n) is 6.01. The molecule has 1 amide bonds. The Morgan fingerprint density at radius 1 is 1.20 bits per heavy atom. The third-order valence-electron chi connectivity index (χ3n) is 4.77.